The van der Waals surface area contributed by atoms with Gasteiger partial charge in [0.1, 0.15) is 0 Å². The van der Waals surface area contributed by atoms with Crippen molar-refractivity contribution in [3.8, 4) is 5.88 Å². The van der Waals surface area contributed by atoms with Crippen molar-refractivity contribution in [1.82, 2.24) is 9.71 Å². The number of nitrogens with zero attached hydrogens (tertiary/aromatic N) is 1. The molecule has 0 saturated heterocycles. The van der Waals surface area contributed by atoms with E-state index in [4.69, 9.17) is 4.74 Å². The van der Waals surface area contributed by atoms with Crippen molar-refractivity contribution >= 4 is 22.9 Å². The second kappa shape index (κ2) is 7.14. The van der Waals surface area contributed by atoms with E-state index in [1.165, 1.54) is 37.0 Å². The number of fused-ring (bicyclic) bond motifs is 1. The zero-order valence-electron chi connectivity index (χ0n) is 12.5. The van der Waals surface area contributed by atoms with Gasteiger partial charge in [-0.15, -0.1) is 0 Å². The molecule has 21 heavy (non-hydrogen) atoms. The second-order valence-electron chi connectivity index (χ2n) is 5.49. The highest BCUT2D eigenvalue weighted by molar-refractivity contribution is 7.97. The molecule has 0 bridgehead atoms. The number of hydrogen-bond donors (Lipinski definition) is 1. The summed E-state index contributed by atoms with van der Waals surface area (Å²) in [5, 5.41) is 1.16. The Kier molecular flexibility index (Phi) is 4.99. The third-order valence-corrected chi connectivity index (χ3v) is 4.82. The van der Waals surface area contributed by atoms with Crippen LogP contribution < -0.4 is 9.46 Å². The lowest BCUT2D eigenvalue weighted by molar-refractivity contribution is 0.328. The largest absolute Gasteiger partial charge is 0.478 e. The van der Waals surface area contributed by atoms with Crippen LogP contribution >= 0.6 is 11.9 Å². The fourth-order valence-electron chi connectivity index (χ4n) is 2.75. The fraction of sp³-hybridized carbons (Fsp3) is 0.471. The molecule has 0 atom stereocenters. The monoisotopic (exact) mass is 302 g/mol. The summed E-state index contributed by atoms with van der Waals surface area (Å²) in [7, 11) is 0. The Hall–Kier alpha value is -1.26. The molecule has 1 aliphatic rings. The Morgan fingerprint density at radius 1 is 1.19 bits per heavy atom. The first kappa shape index (κ1) is 14.7. The smallest absolute Gasteiger partial charge is 0.213 e. The summed E-state index contributed by atoms with van der Waals surface area (Å²) >= 11 is 1.75. The van der Waals surface area contributed by atoms with E-state index in [1.54, 1.807) is 11.9 Å². The molecule has 0 aliphatic heterocycles. The van der Waals surface area contributed by atoms with Crippen LogP contribution in [0.4, 0.5) is 0 Å². The van der Waals surface area contributed by atoms with E-state index in [9.17, 15) is 0 Å². The highest BCUT2D eigenvalue weighted by Crippen LogP contribution is 2.25. The van der Waals surface area contributed by atoms with Gasteiger partial charge in [-0.25, -0.2) is 4.98 Å². The number of benzene rings is 1. The highest BCUT2D eigenvalue weighted by atomic mass is 32.2. The number of pyridine rings is 1. The molecule has 1 heterocycles. The van der Waals surface area contributed by atoms with E-state index in [0.29, 0.717) is 18.5 Å². The maximum absolute atomic E-state index is 5.44. The predicted molar refractivity (Wildman–Crippen MR) is 88.8 cm³/mol. The number of rotatable bonds is 5. The van der Waals surface area contributed by atoms with E-state index >= 15 is 0 Å². The molecule has 0 spiro atoms. The van der Waals surface area contributed by atoms with Gasteiger partial charge in [0, 0.05) is 22.4 Å². The molecule has 1 aliphatic carbocycles. The van der Waals surface area contributed by atoms with Gasteiger partial charge in [-0.2, -0.15) is 0 Å². The number of hydrogen-bond acceptors (Lipinski definition) is 4. The van der Waals surface area contributed by atoms with Crippen molar-refractivity contribution in [3.63, 3.8) is 0 Å². The minimum Gasteiger partial charge on any atom is -0.478 e. The van der Waals surface area contributed by atoms with Gasteiger partial charge in [0.05, 0.1) is 12.1 Å². The standard InChI is InChI=1S/C17H22N2OS/c1-2-20-17-11-8-13-12-15(9-10-16(13)18-17)21-19-14-6-4-3-5-7-14/h8-12,14,19H,2-7H2,1H3. The molecule has 1 N–H and O–H groups in total. The van der Waals surface area contributed by atoms with Crippen LogP contribution in [0.2, 0.25) is 0 Å². The van der Waals surface area contributed by atoms with Gasteiger partial charge in [0.25, 0.3) is 0 Å². The molecule has 1 fully saturated rings. The van der Waals surface area contributed by atoms with Crippen molar-refractivity contribution in [1.29, 1.82) is 0 Å². The molecule has 112 valence electrons. The molecular weight excluding hydrogens is 280 g/mol. The first-order valence-electron chi connectivity index (χ1n) is 7.81. The van der Waals surface area contributed by atoms with Gasteiger partial charge in [0.2, 0.25) is 5.88 Å². The maximum atomic E-state index is 5.44. The van der Waals surface area contributed by atoms with Crippen LogP contribution in [-0.4, -0.2) is 17.6 Å². The summed E-state index contributed by atoms with van der Waals surface area (Å²) in [6.07, 6.45) is 6.73. The molecule has 2 aromatic rings. The van der Waals surface area contributed by atoms with Crippen molar-refractivity contribution < 1.29 is 4.74 Å². The Bertz CT molecular complexity index is 596. The topological polar surface area (TPSA) is 34.1 Å². The lowest BCUT2D eigenvalue weighted by atomic mass is 9.96. The van der Waals surface area contributed by atoms with Crippen LogP contribution in [0.3, 0.4) is 0 Å². The Labute approximate surface area is 130 Å². The normalized spacial score (nSPS) is 16.2. The third-order valence-electron chi connectivity index (χ3n) is 3.88. The first-order valence-corrected chi connectivity index (χ1v) is 8.63. The summed E-state index contributed by atoms with van der Waals surface area (Å²) < 4.78 is 9.05. The molecule has 3 rings (SSSR count). The molecule has 0 radical (unpaired) electrons. The summed E-state index contributed by atoms with van der Waals surface area (Å²) in [4.78, 5) is 5.75. The van der Waals surface area contributed by atoms with Crippen molar-refractivity contribution in [2.24, 2.45) is 0 Å². The van der Waals surface area contributed by atoms with Crippen LogP contribution in [0, 0.1) is 0 Å². The van der Waals surface area contributed by atoms with Crippen molar-refractivity contribution in [2.75, 3.05) is 6.61 Å². The summed E-state index contributed by atoms with van der Waals surface area (Å²) in [5.41, 5.74) is 0.989. The molecule has 1 saturated carbocycles. The van der Waals surface area contributed by atoms with Gasteiger partial charge >= 0.3 is 0 Å². The maximum Gasteiger partial charge on any atom is 0.213 e. The van der Waals surface area contributed by atoms with Gasteiger partial charge in [0.15, 0.2) is 0 Å². The average molecular weight is 302 g/mol. The number of aromatic nitrogens is 1. The number of nitrogens with one attached hydrogen (secondary N) is 1. The number of ether oxygens (including phenoxy) is 1. The van der Waals surface area contributed by atoms with Gasteiger partial charge in [-0.1, -0.05) is 19.3 Å². The predicted octanol–water partition coefficient (Wildman–Crippen LogP) is 4.56. The molecule has 3 nitrogen and oxygen atoms in total. The molecule has 0 amide bonds. The Morgan fingerprint density at radius 3 is 2.86 bits per heavy atom. The minimum absolute atomic E-state index is 0.651. The van der Waals surface area contributed by atoms with E-state index < -0.39 is 0 Å². The first-order chi connectivity index (χ1) is 10.3. The molecule has 1 aromatic carbocycles. The van der Waals surface area contributed by atoms with Gasteiger partial charge in [-0.3, -0.25) is 4.72 Å². The molecular formula is C17H22N2OS. The third kappa shape index (κ3) is 3.89. The summed E-state index contributed by atoms with van der Waals surface area (Å²) in [6, 6.07) is 11.1. The van der Waals surface area contributed by atoms with Crippen LogP contribution in [0.25, 0.3) is 10.9 Å². The summed E-state index contributed by atoms with van der Waals surface area (Å²) in [6.45, 7) is 2.63. The van der Waals surface area contributed by atoms with E-state index in [-0.39, 0.29) is 0 Å². The van der Waals surface area contributed by atoms with Crippen LogP contribution in [0.15, 0.2) is 35.2 Å². The van der Waals surface area contributed by atoms with Crippen molar-refractivity contribution in [2.45, 2.75) is 50.0 Å². The molecule has 4 heteroatoms. The van der Waals surface area contributed by atoms with Gasteiger partial charge < -0.3 is 4.74 Å². The Balaban J connectivity index is 1.67. The van der Waals surface area contributed by atoms with Crippen molar-refractivity contribution in [3.05, 3.63) is 30.3 Å². The van der Waals surface area contributed by atoms with Crippen LogP contribution in [0.5, 0.6) is 5.88 Å². The second-order valence-corrected chi connectivity index (χ2v) is 6.40. The van der Waals surface area contributed by atoms with E-state index in [2.05, 4.69) is 34.0 Å². The zero-order valence-corrected chi connectivity index (χ0v) is 13.3. The van der Waals surface area contributed by atoms with Crippen LogP contribution in [-0.2, 0) is 0 Å². The highest BCUT2D eigenvalue weighted by Gasteiger charge is 2.13. The van der Waals surface area contributed by atoms with Crippen LogP contribution in [0.1, 0.15) is 39.0 Å². The quantitative estimate of drug-likeness (QED) is 0.821. The molecule has 0 unspecified atom stereocenters. The van der Waals surface area contributed by atoms with E-state index in [1.807, 2.05) is 13.0 Å². The Morgan fingerprint density at radius 2 is 2.05 bits per heavy atom. The lowest BCUT2D eigenvalue weighted by Gasteiger charge is -2.22. The minimum atomic E-state index is 0.651. The molecule has 1 aromatic heterocycles. The zero-order chi connectivity index (χ0) is 14.5. The SMILES string of the molecule is CCOc1ccc2cc(SNC3CCCCC3)ccc2n1. The fourth-order valence-corrected chi connectivity index (χ4v) is 3.61. The summed E-state index contributed by atoms with van der Waals surface area (Å²) in [5.74, 6) is 0.700. The lowest BCUT2D eigenvalue weighted by Crippen LogP contribution is -2.25. The van der Waals surface area contributed by atoms with Gasteiger partial charge in [-0.05, 0) is 56.0 Å². The average Bonchev–Trinajstić information content (AvgIpc) is 2.54. The van der Waals surface area contributed by atoms with E-state index in [0.717, 1.165) is 10.9 Å².